The van der Waals surface area contributed by atoms with Crippen LogP contribution in [-0.4, -0.2) is 28.6 Å². The topological polar surface area (TPSA) is 81.7 Å². The number of ether oxygens (including phenoxy) is 2. The van der Waals surface area contributed by atoms with Crippen LogP contribution in [0.15, 0.2) is 70.6 Å². The molecule has 0 radical (unpaired) electrons. The number of nitrogens with one attached hydrogen (secondary N) is 1. The highest BCUT2D eigenvalue weighted by Gasteiger charge is 2.27. The van der Waals surface area contributed by atoms with Crippen molar-refractivity contribution in [2.45, 2.75) is 4.90 Å². The Labute approximate surface area is 140 Å². The van der Waals surface area contributed by atoms with Crippen molar-refractivity contribution in [2.75, 3.05) is 19.5 Å². The molecule has 126 valence electrons. The SMILES string of the molecule is COC(=O)/C(=C/Nc1ccc(OC)cc1)S(=O)(=O)c1ccccc1. The van der Waals surface area contributed by atoms with Crippen LogP contribution in [0.25, 0.3) is 0 Å². The minimum Gasteiger partial charge on any atom is -0.497 e. The van der Waals surface area contributed by atoms with E-state index in [1.54, 1.807) is 49.6 Å². The Bertz CT molecular complexity index is 827. The van der Waals surface area contributed by atoms with E-state index in [1.807, 2.05) is 0 Å². The van der Waals surface area contributed by atoms with Gasteiger partial charge >= 0.3 is 5.97 Å². The molecule has 0 saturated carbocycles. The Kier molecular flexibility index (Phi) is 5.59. The fraction of sp³-hybridized carbons (Fsp3) is 0.118. The van der Waals surface area contributed by atoms with Crippen LogP contribution in [0, 0.1) is 0 Å². The second-order valence-electron chi connectivity index (χ2n) is 4.69. The number of anilines is 1. The standard InChI is InChI=1S/C17H17NO5S/c1-22-14-10-8-13(9-11-14)18-12-16(17(19)23-2)24(20,21)15-6-4-3-5-7-15/h3-12,18H,1-2H3/b16-12-. The number of carbonyl (C=O) groups is 1. The molecule has 2 rings (SSSR count). The van der Waals surface area contributed by atoms with Crippen molar-refractivity contribution in [2.24, 2.45) is 0 Å². The summed E-state index contributed by atoms with van der Waals surface area (Å²) in [6.45, 7) is 0. The summed E-state index contributed by atoms with van der Waals surface area (Å²) in [5, 5.41) is 2.79. The number of esters is 1. The van der Waals surface area contributed by atoms with Crippen LogP contribution in [-0.2, 0) is 19.4 Å². The molecule has 0 unspecified atom stereocenters. The lowest BCUT2D eigenvalue weighted by atomic mass is 10.3. The Hall–Kier alpha value is -2.80. The van der Waals surface area contributed by atoms with E-state index >= 15 is 0 Å². The van der Waals surface area contributed by atoms with Gasteiger partial charge in [0, 0.05) is 11.9 Å². The molecule has 2 aromatic rings. The minimum absolute atomic E-state index is 0.0122. The number of carbonyl (C=O) groups excluding carboxylic acids is 1. The minimum atomic E-state index is -4.00. The number of hydrogen-bond donors (Lipinski definition) is 1. The third-order valence-electron chi connectivity index (χ3n) is 3.19. The second kappa shape index (κ2) is 7.65. The van der Waals surface area contributed by atoms with Crippen LogP contribution < -0.4 is 10.1 Å². The second-order valence-corrected chi connectivity index (χ2v) is 6.61. The Morgan fingerprint density at radius 2 is 1.62 bits per heavy atom. The summed E-state index contributed by atoms with van der Waals surface area (Å²) in [6.07, 6.45) is 1.12. The highest BCUT2D eigenvalue weighted by atomic mass is 32.2. The predicted molar refractivity (Wildman–Crippen MR) is 90.3 cm³/mol. The fourth-order valence-electron chi connectivity index (χ4n) is 1.91. The van der Waals surface area contributed by atoms with Crippen LogP contribution in [0.1, 0.15) is 0 Å². The first-order chi connectivity index (χ1) is 11.5. The smallest absolute Gasteiger partial charge is 0.351 e. The van der Waals surface area contributed by atoms with Crippen LogP contribution >= 0.6 is 0 Å². The first-order valence-electron chi connectivity index (χ1n) is 6.98. The summed E-state index contributed by atoms with van der Waals surface area (Å²) in [5.41, 5.74) is 0.598. The molecule has 0 aliphatic heterocycles. The molecule has 2 aromatic carbocycles. The van der Waals surface area contributed by atoms with Gasteiger partial charge in [0.25, 0.3) is 0 Å². The molecule has 0 heterocycles. The maximum Gasteiger partial charge on any atom is 0.351 e. The monoisotopic (exact) mass is 347 g/mol. The molecule has 0 aliphatic carbocycles. The number of rotatable bonds is 6. The lowest BCUT2D eigenvalue weighted by Gasteiger charge is -2.09. The predicted octanol–water partition coefficient (Wildman–Crippen LogP) is 2.60. The zero-order valence-corrected chi connectivity index (χ0v) is 14.0. The average Bonchev–Trinajstić information content (AvgIpc) is 2.62. The van der Waals surface area contributed by atoms with E-state index in [2.05, 4.69) is 10.1 Å². The molecule has 0 saturated heterocycles. The van der Waals surface area contributed by atoms with Gasteiger partial charge in [0.15, 0.2) is 4.91 Å². The number of benzene rings is 2. The van der Waals surface area contributed by atoms with E-state index in [-0.39, 0.29) is 4.90 Å². The van der Waals surface area contributed by atoms with Gasteiger partial charge in [0.1, 0.15) is 5.75 Å². The molecule has 1 N–H and O–H groups in total. The van der Waals surface area contributed by atoms with Crippen molar-refractivity contribution in [1.82, 2.24) is 0 Å². The normalized spacial score (nSPS) is 11.7. The van der Waals surface area contributed by atoms with Gasteiger partial charge in [0.2, 0.25) is 9.84 Å². The summed E-state index contributed by atoms with van der Waals surface area (Å²) >= 11 is 0. The van der Waals surface area contributed by atoms with Crippen molar-refractivity contribution >= 4 is 21.5 Å². The maximum atomic E-state index is 12.6. The van der Waals surface area contributed by atoms with E-state index in [0.29, 0.717) is 11.4 Å². The van der Waals surface area contributed by atoms with E-state index in [1.165, 1.54) is 12.1 Å². The number of methoxy groups -OCH3 is 2. The van der Waals surface area contributed by atoms with Crippen LogP contribution in [0.3, 0.4) is 0 Å². The van der Waals surface area contributed by atoms with E-state index in [0.717, 1.165) is 13.3 Å². The molecule has 0 aromatic heterocycles. The molecule has 0 aliphatic rings. The van der Waals surface area contributed by atoms with Crippen molar-refractivity contribution < 1.29 is 22.7 Å². The van der Waals surface area contributed by atoms with Gasteiger partial charge in [-0.2, -0.15) is 0 Å². The van der Waals surface area contributed by atoms with Crippen molar-refractivity contribution in [3.63, 3.8) is 0 Å². The molecule has 0 spiro atoms. The first kappa shape index (κ1) is 17.6. The molecule has 0 bridgehead atoms. The van der Waals surface area contributed by atoms with Gasteiger partial charge in [-0.25, -0.2) is 13.2 Å². The van der Waals surface area contributed by atoms with E-state index in [4.69, 9.17) is 4.74 Å². The van der Waals surface area contributed by atoms with Crippen LogP contribution in [0.4, 0.5) is 5.69 Å². The average molecular weight is 347 g/mol. The first-order valence-corrected chi connectivity index (χ1v) is 8.46. The summed E-state index contributed by atoms with van der Waals surface area (Å²) < 4.78 is 34.9. The molecule has 6 nitrogen and oxygen atoms in total. The molecule has 0 amide bonds. The highest BCUT2D eigenvalue weighted by molar-refractivity contribution is 7.96. The molecule has 7 heteroatoms. The van der Waals surface area contributed by atoms with Gasteiger partial charge < -0.3 is 14.8 Å². The molecule has 24 heavy (non-hydrogen) atoms. The zero-order valence-electron chi connectivity index (χ0n) is 13.2. The van der Waals surface area contributed by atoms with Crippen molar-refractivity contribution in [3.05, 3.63) is 65.7 Å². The van der Waals surface area contributed by atoms with Gasteiger partial charge in [-0.05, 0) is 36.4 Å². The Morgan fingerprint density at radius 1 is 1.00 bits per heavy atom. The summed E-state index contributed by atoms with van der Waals surface area (Å²) in [6, 6.07) is 14.5. The molecular weight excluding hydrogens is 330 g/mol. The number of hydrogen-bond acceptors (Lipinski definition) is 6. The number of sulfone groups is 1. The van der Waals surface area contributed by atoms with Crippen LogP contribution in [0.2, 0.25) is 0 Å². The van der Waals surface area contributed by atoms with Crippen molar-refractivity contribution in [1.29, 1.82) is 0 Å². The van der Waals surface area contributed by atoms with Gasteiger partial charge in [-0.15, -0.1) is 0 Å². The molecular formula is C17H17NO5S. The fourth-order valence-corrected chi connectivity index (χ4v) is 3.20. The van der Waals surface area contributed by atoms with Gasteiger partial charge in [0.05, 0.1) is 19.1 Å². The lowest BCUT2D eigenvalue weighted by molar-refractivity contribution is -0.135. The van der Waals surface area contributed by atoms with E-state index < -0.39 is 20.7 Å². The summed E-state index contributed by atoms with van der Waals surface area (Å²) in [7, 11) is -1.32. The van der Waals surface area contributed by atoms with E-state index in [9.17, 15) is 13.2 Å². The Balaban J connectivity index is 2.36. The quantitative estimate of drug-likeness (QED) is 0.639. The maximum absolute atomic E-state index is 12.6. The zero-order chi connectivity index (χ0) is 17.6. The van der Waals surface area contributed by atoms with Crippen molar-refractivity contribution in [3.8, 4) is 5.75 Å². The third-order valence-corrected chi connectivity index (χ3v) is 4.95. The Morgan fingerprint density at radius 3 is 2.17 bits per heavy atom. The van der Waals surface area contributed by atoms with Gasteiger partial charge in [-0.3, -0.25) is 0 Å². The highest BCUT2D eigenvalue weighted by Crippen LogP contribution is 2.21. The van der Waals surface area contributed by atoms with Crippen LogP contribution in [0.5, 0.6) is 5.75 Å². The largest absolute Gasteiger partial charge is 0.497 e. The molecule has 0 atom stereocenters. The van der Waals surface area contributed by atoms with Gasteiger partial charge in [-0.1, -0.05) is 18.2 Å². The third kappa shape index (κ3) is 3.94. The summed E-state index contributed by atoms with van der Waals surface area (Å²) in [5.74, 6) is -0.283. The lowest BCUT2D eigenvalue weighted by Crippen LogP contribution is -2.16. The summed E-state index contributed by atoms with van der Waals surface area (Å²) in [4.78, 5) is 11.5. The molecule has 0 fully saturated rings.